The van der Waals surface area contributed by atoms with Gasteiger partial charge in [-0.25, -0.2) is 9.78 Å². The summed E-state index contributed by atoms with van der Waals surface area (Å²) in [7, 11) is 1.55. The number of nitrogens with one attached hydrogen (secondary N) is 3. The topological polar surface area (TPSA) is 138 Å². The van der Waals surface area contributed by atoms with E-state index in [9.17, 15) is 14.9 Å². The third kappa shape index (κ3) is 5.55. The van der Waals surface area contributed by atoms with E-state index in [1.165, 1.54) is 11.8 Å². The second-order valence-corrected chi connectivity index (χ2v) is 9.04. The highest BCUT2D eigenvalue weighted by Crippen LogP contribution is 2.34. The van der Waals surface area contributed by atoms with E-state index in [4.69, 9.17) is 14.2 Å². The summed E-state index contributed by atoms with van der Waals surface area (Å²) in [6.45, 7) is 0.163. The van der Waals surface area contributed by atoms with Crippen molar-refractivity contribution >= 4 is 29.2 Å². The Morgan fingerprint density at radius 3 is 2.63 bits per heavy atom. The molecule has 1 aliphatic rings. The van der Waals surface area contributed by atoms with Gasteiger partial charge >= 0.3 is 6.03 Å². The number of urea groups is 1. The van der Waals surface area contributed by atoms with Crippen LogP contribution >= 0.6 is 11.8 Å². The minimum Gasteiger partial charge on any atom is -0.497 e. The Morgan fingerprint density at radius 2 is 1.84 bits per heavy atom. The Bertz CT molecular complexity index is 1600. The smallest absolute Gasteiger partial charge is 0.323 e. The highest BCUT2D eigenvalue weighted by Gasteiger charge is 2.16. The molecule has 4 aromatic rings. The van der Waals surface area contributed by atoms with Crippen molar-refractivity contribution in [2.45, 2.75) is 10.9 Å². The minimum atomic E-state index is -0.504. The number of methoxy groups -OCH3 is 1. The van der Waals surface area contributed by atoms with E-state index in [2.05, 4.69) is 20.6 Å². The zero-order valence-electron chi connectivity index (χ0n) is 20.1. The molecule has 190 valence electrons. The van der Waals surface area contributed by atoms with Gasteiger partial charge in [0.1, 0.15) is 17.4 Å². The quantitative estimate of drug-likeness (QED) is 0.226. The van der Waals surface area contributed by atoms with Gasteiger partial charge in [-0.2, -0.15) is 5.26 Å². The molecule has 11 heteroatoms. The van der Waals surface area contributed by atoms with Gasteiger partial charge in [-0.1, -0.05) is 36.0 Å². The SMILES string of the molecule is COc1cccc(-c2nc(SCc3ccc(NC(=O)Nc4ccc5c(c4)OCO5)cc3)[nH]c(=O)c2C#N)c1. The van der Waals surface area contributed by atoms with E-state index < -0.39 is 11.6 Å². The molecule has 0 unspecified atom stereocenters. The van der Waals surface area contributed by atoms with Gasteiger partial charge in [0.15, 0.2) is 16.7 Å². The summed E-state index contributed by atoms with van der Waals surface area (Å²) >= 11 is 1.33. The number of anilines is 2. The van der Waals surface area contributed by atoms with Gasteiger partial charge in [-0.05, 0) is 42.0 Å². The highest BCUT2D eigenvalue weighted by atomic mass is 32.2. The molecule has 0 bridgehead atoms. The maximum atomic E-state index is 12.5. The first kappa shape index (κ1) is 24.7. The number of H-pyrrole nitrogens is 1. The molecule has 0 radical (unpaired) electrons. The number of aromatic nitrogens is 2. The summed E-state index contributed by atoms with van der Waals surface area (Å²) < 4.78 is 15.9. The normalized spacial score (nSPS) is 11.5. The summed E-state index contributed by atoms with van der Waals surface area (Å²) in [6.07, 6.45) is 0. The summed E-state index contributed by atoms with van der Waals surface area (Å²) in [5.74, 6) is 2.33. The first-order valence-corrected chi connectivity index (χ1v) is 12.4. The molecule has 10 nitrogen and oxygen atoms in total. The number of carbonyl (C=O) groups excluding carboxylic acids is 1. The van der Waals surface area contributed by atoms with E-state index in [1.807, 2.05) is 18.2 Å². The summed E-state index contributed by atoms with van der Waals surface area (Å²) in [5.41, 5.74) is 2.49. The molecule has 38 heavy (non-hydrogen) atoms. The monoisotopic (exact) mass is 527 g/mol. The lowest BCUT2D eigenvalue weighted by Crippen LogP contribution is -2.19. The van der Waals surface area contributed by atoms with Crippen LogP contribution in [-0.4, -0.2) is 29.9 Å². The number of aromatic amines is 1. The molecule has 1 aromatic heterocycles. The molecular formula is C27H21N5O5S. The molecule has 1 aliphatic heterocycles. The lowest BCUT2D eigenvalue weighted by molar-refractivity contribution is 0.174. The van der Waals surface area contributed by atoms with Gasteiger partial charge in [0.2, 0.25) is 6.79 Å². The molecule has 0 saturated heterocycles. The molecule has 0 spiro atoms. The van der Waals surface area contributed by atoms with Crippen molar-refractivity contribution in [3.8, 4) is 34.6 Å². The summed E-state index contributed by atoms with van der Waals surface area (Å²) in [4.78, 5) is 32.1. The molecule has 2 heterocycles. The number of fused-ring (bicyclic) bond motifs is 1. The Balaban J connectivity index is 1.23. The van der Waals surface area contributed by atoms with Gasteiger partial charge in [0, 0.05) is 28.8 Å². The number of nitrogens with zero attached hydrogens (tertiary/aromatic N) is 2. The molecule has 0 atom stereocenters. The van der Waals surface area contributed by atoms with Gasteiger partial charge in [0.25, 0.3) is 5.56 Å². The molecule has 3 aromatic carbocycles. The zero-order valence-corrected chi connectivity index (χ0v) is 20.9. The number of ether oxygens (including phenoxy) is 3. The second kappa shape index (κ2) is 11.0. The van der Waals surface area contributed by atoms with Crippen molar-refractivity contribution in [3.05, 3.63) is 88.2 Å². The lowest BCUT2D eigenvalue weighted by atomic mass is 10.1. The van der Waals surface area contributed by atoms with Crippen molar-refractivity contribution in [3.63, 3.8) is 0 Å². The van der Waals surface area contributed by atoms with E-state index in [0.29, 0.717) is 50.8 Å². The number of nitriles is 1. The van der Waals surface area contributed by atoms with Crippen molar-refractivity contribution in [1.29, 1.82) is 5.26 Å². The van der Waals surface area contributed by atoms with Crippen molar-refractivity contribution in [2.75, 3.05) is 24.5 Å². The predicted octanol–water partition coefficient (Wildman–Crippen LogP) is 4.98. The fraction of sp³-hybridized carbons (Fsp3) is 0.111. The molecule has 3 N–H and O–H groups in total. The lowest BCUT2D eigenvalue weighted by Gasteiger charge is -2.10. The van der Waals surface area contributed by atoms with Crippen LogP contribution in [0.4, 0.5) is 16.2 Å². The van der Waals surface area contributed by atoms with Crippen LogP contribution < -0.4 is 30.4 Å². The number of hydrogen-bond acceptors (Lipinski definition) is 8. The fourth-order valence-corrected chi connectivity index (χ4v) is 4.52. The predicted molar refractivity (Wildman–Crippen MR) is 143 cm³/mol. The number of rotatable bonds is 7. The second-order valence-electron chi connectivity index (χ2n) is 8.07. The Kier molecular flexibility index (Phi) is 7.15. The zero-order chi connectivity index (χ0) is 26.5. The molecule has 0 aliphatic carbocycles. The van der Waals surface area contributed by atoms with Crippen LogP contribution in [0.1, 0.15) is 11.1 Å². The molecular weight excluding hydrogens is 506 g/mol. The standard InChI is InChI=1S/C27H21N5O5S/c1-35-20-4-2-3-17(11-20)24-21(13-28)25(33)32-27(31-24)38-14-16-5-7-18(8-6-16)29-26(34)30-19-9-10-22-23(12-19)37-15-36-22/h2-12H,14-15H2,1H3,(H2,29,30,34)(H,31,32,33). The van der Waals surface area contributed by atoms with Gasteiger partial charge in [0.05, 0.1) is 12.8 Å². The van der Waals surface area contributed by atoms with Crippen molar-refractivity contribution in [1.82, 2.24) is 9.97 Å². The van der Waals surface area contributed by atoms with E-state index >= 15 is 0 Å². The van der Waals surface area contributed by atoms with Gasteiger partial charge in [-0.15, -0.1) is 0 Å². The fourth-order valence-electron chi connectivity index (χ4n) is 3.71. The molecule has 2 amide bonds. The average molecular weight is 528 g/mol. The number of hydrogen-bond donors (Lipinski definition) is 3. The Labute approximate surface area is 221 Å². The third-order valence-corrected chi connectivity index (χ3v) is 6.51. The highest BCUT2D eigenvalue weighted by molar-refractivity contribution is 7.98. The minimum absolute atomic E-state index is 0.0583. The summed E-state index contributed by atoms with van der Waals surface area (Å²) in [5, 5.41) is 15.4. The van der Waals surface area contributed by atoms with Crippen LogP contribution in [0.2, 0.25) is 0 Å². The van der Waals surface area contributed by atoms with E-state index in [1.54, 1.807) is 61.7 Å². The first-order chi connectivity index (χ1) is 18.5. The van der Waals surface area contributed by atoms with Crippen LogP contribution in [0.15, 0.2) is 76.7 Å². The Hall–Kier alpha value is -4.95. The molecule has 0 fully saturated rings. The molecule has 5 rings (SSSR count). The van der Waals surface area contributed by atoms with Crippen molar-refractivity contribution in [2.24, 2.45) is 0 Å². The number of carbonyl (C=O) groups is 1. The third-order valence-electron chi connectivity index (χ3n) is 5.57. The van der Waals surface area contributed by atoms with Crippen LogP contribution in [0.5, 0.6) is 17.2 Å². The maximum Gasteiger partial charge on any atom is 0.323 e. The number of thioether (sulfide) groups is 1. The average Bonchev–Trinajstić information content (AvgIpc) is 3.40. The number of amides is 2. The molecule has 0 saturated carbocycles. The number of benzene rings is 3. The van der Waals surface area contributed by atoms with E-state index in [0.717, 1.165) is 5.56 Å². The Morgan fingerprint density at radius 1 is 1.08 bits per heavy atom. The van der Waals surface area contributed by atoms with Crippen LogP contribution in [0, 0.1) is 11.3 Å². The van der Waals surface area contributed by atoms with E-state index in [-0.39, 0.29) is 12.4 Å². The van der Waals surface area contributed by atoms with Gasteiger partial charge in [-0.3, -0.25) is 4.79 Å². The summed E-state index contributed by atoms with van der Waals surface area (Å²) in [6, 6.07) is 21.1. The first-order valence-electron chi connectivity index (χ1n) is 11.4. The van der Waals surface area contributed by atoms with Crippen molar-refractivity contribution < 1.29 is 19.0 Å². The maximum absolute atomic E-state index is 12.5. The van der Waals surface area contributed by atoms with Crippen LogP contribution in [-0.2, 0) is 5.75 Å². The van der Waals surface area contributed by atoms with Gasteiger partial charge < -0.3 is 29.8 Å². The van der Waals surface area contributed by atoms with Crippen LogP contribution in [0.25, 0.3) is 11.3 Å². The largest absolute Gasteiger partial charge is 0.497 e. The van der Waals surface area contributed by atoms with Crippen LogP contribution in [0.3, 0.4) is 0 Å².